The fourth-order valence-electron chi connectivity index (χ4n) is 1.61. The predicted octanol–water partition coefficient (Wildman–Crippen LogP) is 2.80. The highest BCUT2D eigenvalue weighted by atomic mass is 32.1. The molecule has 20 heavy (non-hydrogen) atoms. The summed E-state index contributed by atoms with van der Waals surface area (Å²) in [7, 11) is 0. The van der Waals surface area contributed by atoms with E-state index in [0.717, 1.165) is 17.2 Å². The van der Waals surface area contributed by atoms with Gasteiger partial charge in [0.1, 0.15) is 4.88 Å². The van der Waals surface area contributed by atoms with Crippen molar-refractivity contribution in [3.05, 3.63) is 52.0 Å². The van der Waals surface area contributed by atoms with Crippen LogP contribution in [-0.2, 0) is 4.79 Å². The molecule has 0 atom stereocenters. The number of hydrogen-bond donors (Lipinski definition) is 2. The highest BCUT2D eigenvalue weighted by molar-refractivity contribution is 7.11. The maximum atomic E-state index is 11.9. The van der Waals surface area contributed by atoms with Gasteiger partial charge in [-0.1, -0.05) is 6.07 Å². The van der Waals surface area contributed by atoms with Crippen LogP contribution in [0.1, 0.15) is 20.8 Å². The summed E-state index contributed by atoms with van der Waals surface area (Å²) in [6.45, 7) is 1.85. The molecule has 0 aliphatic rings. The molecule has 0 aliphatic heterocycles. The topological polar surface area (TPSA) is 79.3 Å². The van der Waals surface area contributed by atoms with E-state index in [1.165, 1.54) is 23.6 Å². The number of aromatic nitrogens is 1. The highest BCUT2D eigenvalue weighted by Gasteiger charge is 2.09. The summed E-state index contributed by atoms with van der Waals surface area (Å²) in [4.78, 5) is 26.7. The predicted molar refractivity (Wildman–Crippen MR) is 77.9 cm³/mol. The minimum atomic E-state index is -0.995. The molecule has 0 saturated carbocycles. The number of anilines is 1. The monoisotopic (exact) mass is 288 g/mol. The Bertz CT molecular complexity index is 663. The summed E-state index contributed by atoms with van der Waals surface area (Å²) in [5.41, 5.74) is 3.91. The summed E-state index contributed by atoms with van der Waals surface area (Å²) in [5.74, 6) is -1.20. The summed E-state index contributed by atoms with van der Waals surface area (Å²) in [5, 5.41) is 11.4. The van der Waals surface area contributed by atoms with E-state index in [0.29, 0.717) is 10.6 Å². The lowest BCUT2D eigenvalue weighted by atomic mass is 10.1. The Morgan fingerprint density at radius 1 is 1.40 bits per heavy atom. The SMILES string of the molecule is Cc1cc(/C=C/C(=O)O)ccc1NC(=O)c1cncs1. The number of carbonyl (C=O) groups excluding carboxylic acids is 1. The van der Waals surface area contributed by atoms with Crippen LogP contribution < -0.4 is 5.32 Å². The molecular formula is C14H12N2O3S. The van der Waals surface area contributed by atoms with Crippen molar-refractivity contribution in [1.82, 2.24) is 4.98 Å². The van der Waals surface area contributed by atoms with E-state index in [4.69, 9.17) is 5.11 Å². The summed E-state index contributed by atoms with van der Waals surface area (Å²) in [6, 6.07) is 5.30. The Kier molecular flexibility index (Phi) is 4.27. The molecule has 1 aromatic heterocycles. The van der Waals surface area contributed by atoms with Crippen molar-refractivity contribution in [1.29, 1.82) is 0 Å². The Balaban J connectivity index is 2.14. The Hall–Kier alpha value is -2.47. The van der Waals surface area contributed by atoms with Gasteiger partial charge in [-0.15, -0.1) is 11.3 Å². The van der Waals surface area contributed by atoms with E-state index >= 15 is 0 Å². The van der Waals surface area contributed by atoms with Crippen molar-refractivity contribution in [3.63, 3.8) is 0 Å². The molecule has 2 N–H and O–H groups in total. The molecule has 2 rings (SSSR count). The van der Waals surface area contributed by atoms with Gasteiger partial charge in [-0.2, -0.15) is 0 Å². The molecule has 0 radical (unpaired) electrons. The minimum Gasteiger partial charge on any atom is -0.478 e. The number of carbonyl (C=O) groups is 2. The van der Waals surface area contributed by atoms with Crippen molar-refractivity contribution in [2.45, 2.75) is 6.92 Å². The van der Waals surface area contributed by atoms with Crippen LogP contribution in [0.25, 0.3) is 6.08 Å². The van der Waals surface area contributed by atoms with Gasteiger partial charge in [0.05, 0.1) is 11.7 Å². The molecule has 6 heteroatoms. The first kappa shape index (κ1) is 14.0. The second-order valence-corrected chi connectivity index (χ2v) is 4.95. The van der Waals surface area contributed by atoms with Crippen molar-refractivity contribution >= 4 is 35.0 Å². The molecular weight excluding hydrogens is 276 g/mol. The van der Waals surface area contributed by atoms with E-state index in [1.807, 2.05) is 13.0 Å². The lowest BCUT2D eigenvalue weighted by molar-refractivity contribution is -0.131. The number of nitrogens with one attached hydrogen (secondary N) is 1. The van der Waals surface area contributed by atoms with Crippen LogP contribution in [0.3, 0.4) is 0 Å². The first-order valence-corrected chi connectivity index (χ1v) is 6.66. The number of amides is 1. The molecule has 1 aromatic carbocycles. The van der Waals surface area contributed by atoms with Gasteiger partial charge in [0.2, 0.25) is 0 Å². The average Bonchev–Trinajstić information content (AvgIpc) is 2.93. The Morgan fingerprint density at radius 3 is 2.80 bits per heavy atom. The highest BCUT2D eigenvalue weighted by Crippen LogP contribution is 2.19. The molecule has 0 aliphatic carbocycles. The smallest absolute Gasteiger partial charge is 0.328 e. The lowest BCUT2D eigenvalue weighted by Gasteiger charge is -2.08. The van der Waals surface area contributed by atoms with Crippen LogP contribution in [-0.4, -0.2) is 22.0 Å². The second kappa shape index (κ2) is 6.12. The van der Waals surface area contributed by atoms with Crippen LogP contribution in [0.4, 0.5) is 5.69 Å². The van der Waals surface area contributed by atoms with Crippen LogP contribution in [0.15, 0.2) is 36.0 Å². The van der Waals surface area contributed by atoms with Gasteiger partial charge >= 0.3 is 5.97 Å². The normalized spacial score (nSPS) is 10.7. The molecule has 0 fully saturated rings. The third-order valence-electron chi connectivity index (χ3n) is 2.57. The fourth-order valence-corrected chi connectivity index (χ4v) is 2.13. The van der Waals surface area contributed by atoms with Gasteiger partial charge in [0.15, 0.2) is 0 Å². The van der Waals surface area contributed by atoms with E-state index in [2.05, 4.69) is 10.3 Å². The number of aryl methyl sites for hydroxylation is 1. The number of hydrogen-bond acceptors (Lipinski definition) is 4. The molecule has 5 nitrogen and oxygen atoms in total. The maximum Gasteiger partial charge on any atom is 0.328 e. The van der Waals surface area contributed by atoms with Crippen LogP contribution in [0, 0.1) is 6.92 Å². The zero-order valence-corrected chi connectivity index (χ0v) is 11.5. The molecule has 1 heterocycles. The molecule has 0 saturated heterocycles. The summed E-state index contributed by atoms with van der Waals surface area (Å²) >= 11 is 1.27. The van der Waals surface area contributed by atoms with E-state index in [-0.39, 0.29) is 5.91 Å². The zero-order chi connectivity index (χ0) is 14.5. The van der Waals surface area contributed by atoms with Gasteiger partial charge < -0.3 is 10.4 Å². The molecule has 102 valence electrons. The number of nitrogens with zero attached hydrogens (tertiary/aromatic N) is 1. The van der Waals surface area contributed by atoms with Crippen molar-refractivity contribution < 1.29 is 14.7 Å². The largest absolute Gasteiger partial charge is 0.478 e. The fraction of sp³-hybridized carbons (Fsp3) is 0.0714. The maximum absolute atomic E-state index is 11.9. The zero-order valence-electron chi connectivity index (χ0n) is 10.7. The molecule has 2 aromatic rings. The lowest BCUT2D eigenvalue weighted by Crippen LogP contribution is -2.11. The van der Waals surface area contributed by atoms with E-state index in [1.54, 1.807) is 17.6 Å². The second-order valence-electron chi connectivity index (χ2n) is 4.07. The summed E-state index contributed by atoms with van der Waals surface area (Å²) < 4.78 is 0. The number of carboxylic acids is 1. The minimum absolute atomic E-state index is 0.204. The van der Waals surface area contributed by atoms with Gasteiger partial charge in [-0.05, 0) is 36.3 Å². The first-order valence-electron chi connectivity index (χ1n) is 5.78. The number of rotatable bonds is 4. The van der Waals surface area contributed by atoms with Gasteiger partial charge in [-0.25, -0.2) is 4.79 Å². The van der Waals surface area contributed by atoms with Crippen molar-refractivity contribution in [3.8, 4) is 0 Å². The Labute approximate surface area is 119 Å². The van der Waals surface area contributed by atoms with Gasteiger partial charge in [-0.3, -0.25) is 9.78 Å². The van der Waals surface area contributed by atoms with Crippen LogP contribution >= 0.6 is 11.3 Å². The molecule has 0 bridgehead atoms. The van der Waals surface area contributed by atoms with Gasteiger partial charge in [0.25, 0.3) is 5.91 Å². The third kappa shape index (κ3) is 3.52. The quantitative estimate of drug-likeness (QED) is 0.848. The Morgan fingerprint density at radius 2 is 2.20 bits per heavy atom. The van der Waals surface area contributed by atoms with Gasteiger partial charge in [0, 0.05) is 11.8 Å². The average molecular weight is 288 g/mol. The molecule has 0 spiro atoms. The first-order chi connectivity index (χ1) is 9.56. The van der Waals surface area contributed by atoms with Crippen molar-refractivity contribution in [2.24, 2.45) is 0 Å². The van der Waals surface area contributed by atoms with Crippen LogP contribution in [0.5, 0.6) is 0 Å². The number of benzene rings is 1. The number of aliphatic carboxylic acids is 1. The van der Waals surface area contributed by atoms with E-state index in [9.17, 15) is 9.59 Å². The number of thiazole rings is 1. The summed E-state index contributed by atoms with van der Waals surface area (Å²) in [6.07, 6.45) is 4.09. The van der Waals surface area contributed by atoms with Crippen LogP contribution in [0.2, 0.25) is 0 Å². The third-order valence-corrected chi connectivity index (χ3v) is 3.34. The van der Waals surface area contributed by atoms with Crippen molar-refractivity contribution in [2.75, 3.05) is 5.32 Å². The molecule has 0 unspecified atom stereocenters. The molecule has 1 amide bonds. The number of carboxylic acid groups (broad SMARTS) is 1. The standard InChI is InChI=1S/C14H12N2O3S/c1-9-6-10(3-5-13(17)18)2-4-11(9)16-14(19)12-7-15-8-20-12/h2-8H,1H3,(H,16,19)(H,17,18)/b5-3+. The van der Waals surface area contributed by atoms with E-state index < -0.39 is 5.97 Å².